The Balaban J connectivity index is 2.15. The Morgan fingerprint density at radius 2 is 2.05 bits per heavy atom. The Kier molecular flexibility index (Phi) is 3.63. The van der Waals surface area contributed by atoms with Gasteiger partial charge in [-0.05, 0) is 43.5 Å². The molecule has 2 heterocycles. The van der Waals surface area contributed by atoms with Gasteiger partial charge in [0.25, 0.3) is 10.0 Å². The van der Waals surface area contributed by atoms with Crippen LogP contribution in [-0.2, 0) is 16.4 Å². The fourth-order valence-electron chi connectivity index (χ4n) is 2.68. The van der Waals surface area contributed by atoms with Crippen molar-refractivity contribution in [3.63, 3.8) is 0 Å². The van der Waals surface area contributed by atoms with Crippen molar-refractivity contribution in [1.82, 2.24) is 4.98 Å². The molecule has 110 valence electrons. The van der Waals surface area contributed by atoms with Crippen LogP contribution < -0.4 is 4.31 Å². The minimum atomic E-state index is -3.64. The quantitative estimate of drug-likeness (QED) is 0.797. The second kappa shape index (κ2) is 5.31. The molecule has 21 heavy (non-hydrogen) atoms. The Hall–Kier alpha value is -1.59. The van der Waals surface area contributed by atoms with E-state index in [2.05, 4.69) is 4.98 Å². The summed E-state index contributed by atoms with van der Waals surface area (Å²) in [6.07, 6.45) is 3.10. The number of benzene rings is 1. The van der Waals surface area contributed by atoms with Gasteiger partial charge in [0.2, 0.25) is 0 Å². The number of halogens is 1. The van der Waals surface area contributed by atoms with Gasteiger partial charge >= 0.3 is 0 Å². The molecule has 0 bridgehead atoms. The maximum absolute atomic E-state index is 13.0. The van der Waals surface area contributed by atoms with E-state index in [1.807, 2.05) is 31.2 Å². The number of para-hydroxylation sites is 1. The van der Waals surface area contributed by atoms with Crippen molar-refractivity contribution in [1.29, 1.82) is 0 Å². The van der Waals surface area contributed by atoms with Gasteiger partial charge in [-0.2, -0.15) is 0 Å². The zero-order valence-corrected chi connectivity index (χ0v) is 13.1. The van der Waals surface area contributed by atoms with Gasteiger partial charge < -0.3 is 0 Å². The Labute approximate surface area is 129 Å². The average molecular weight is 323 g/mol. The lowest BCUT2D eigenvalue weighted by Crippen LogP contribution is -2.42. The fourth-order valence-corrected chi connectivity index (χ4v) is 4.66. The lowest BCUT2D eigenvalue weighted by Gasteiger charge is -2.35. The third-order valence-corrected chi connectivity index (χ3v) is 5.85. The topological polar surface area (TPSA) is 50.3 Å². The van der Waals surface area contributed by atoms with Crippen LogP contribution in [0.3, 0.4) is 0 Å². The largest absolute Gasteiger partial charge is 0.264 e. The molecule has 0 saturated carbocycles. The highest BCUT2D eigenvalue weighted by Crippen LogP contribution is 2.35. The minimum absolute atomic E-state index is 0.0863. The molecule has 0 fully saturated rings. The van der Waals surface area contributed by atoms with Gasteiger partial charge in [-0.3, -0.25) is 4.31 Å². The number of pyridine rings is 1. The maximum atomic E-state index is 13.0. The van der Waals surface area contributed by atoms with Gasteiger partial charge in [0, 0.05) is 12.2 Å². The van der Waals surface area contributed by atoms with Crippen molar-refractivity contribution >= 4 is 27.3 Å². The summed E-state index contributed by atoms with van der Waals surface area (Å²) in [5, 5.41) is 0.175. The average Bonchev–Trinajstić information content (AvgIpc) is 2.46. The molecule has 0 amide bonds. The molecule has 0 spiro atoms. The standard InChI is InChI=1S/C15H15ClN2O2S/c1-11-6-7-12-4-2-3-5-14(12)18(11)21(19,20)13-8-9-17-15(16)10-13/h2-5,8-11H,6-7H2,1H3. The fraction of sp³-hybridized carbons (Fsp3) is 0.267. The molecular formula is C15H15ClN2O2S. The Bertz CT molecular complexity index is 777. The van der Waals surface area contributed by atoms with Gasteiger partial charge in [0.1, 0.15) is 5.15 Å². The zero-order chi connectivity index (χ0) is 15.0. The molecule has 3 rings (SSSR count). The molecule has 0 aliphatic carbocycles. The van der Waals surface area contributed by atoms with Crippen molar-refractivity contribution in [2.24, 2.45) is 0 Å². The molecule has 0 saturated heterocycles. The summed E-state index contributed by atoms with van der Waals surface area (Å²) < 4.78 is 27.4. The van der Waals surface area contributed by atoms with E-state index in [4.69, 9.17) is 11.6 Å². The minimum Gasteiger partial charge on any atom is -0.263 e. The number of nitrogens with zero attached hydrogens (tertiary/aromatic N) is 2. The van der Waals surface area contributed by atoms with Crippen molar-refractivity contribution in [2.75, 3.05) is 4.31 Å². The van der Waals surface area contributed by atoms with Gasteiger partial charge in [-0.25, -0.2) is 13.4 Å². The highest BCUT2D eigenvalue weighted by atomic mass is 35.5. The Morgan fingerprint density at radius 1 is 1.29 bits per heavy atom. The number of hydrogen-bond acceptors (Lipinski definition) is 3. The first-order chi connectivity index (χ1) is 10.00. The molecule has 1 atom stereocenters. The molecular weight excluding hydrogens is 308 g/mol. The molecule has 4 nitrogen and oxygen atoms in total. The molecule has 1 unspecified atom stereocenters. The lowest BCUT2D eigenvalue weighted by atomic mass is 9.99. The van der Waals surface area contributed by atoms with Crippen LogP contribution in [-0.4, -0.2) is 19.4 Å². The van der Waals surface area contributed by atoms with E-state index in [1.54, 1.807) is 0 Å². The predicted molar refractivity (Wildman–Crippen MR) is 83.1 cm³/mol. The normalized spacial score (nSPS) is 18.4. The number of fused-ring (bicyclic) bond motifs is 1. The SMILES string of the molecule is CC1CCc2ccccc2N1S(=O)(=O)c1ccnc(Cl)c1. The monoisotopic (exact) mass is 322 g/mol. The number of anilines is 1. The van der Waals surface area contributed by atoms with Crippen LogP contribution in [0.25, 0.3) is 0 Å². The van der Waals surface area contributed by atoms with Gasteiger partial charge in [0.15, 0.2) is 0 Å². The first-order valence-corrected chi connectivity index (χ1v) is 8.56. The lowest BCUT2D eigenvalue weighted by molar-refractivity contribution is 0.563. The van der Waals surface area contributed by atoms with Crippen molar-refractivity contribution in [2.45, 2.75) is 30.7 Å². The van der Waals surface area contributed by atoms with E-state index < -0.39 is 10.0 Å². The number of aryl methyl sites for hydroxylation is 1. The summed E-state index contributed by atoms with van der Waals surface area (Å²) in [5.74, 6) is 0. The van der Waals surface area contributed by atoms with Crippen LogP contribution >= 0.6 is 11.6 Å². The molecule has 1 aromatic heterocycles. The summed E-state index contributed by atoms with van der Waals surface area (Å²) >= 11 is 5.83. The number of aromatic nitrogens is 1. The summed E-state index contributed by atoms with van der Waals surface area (Å²) in [7, 11) is -3.64. The summed E-state index contributed by atoms with van der Waals surface area (Å²) in [6.45, 7) is 1.93. The first kappa shape index (κ1) is 14.4. The number of sulfonamides is 1. The maximum Gasteiger partial charge on any atom is 0.264 e. The van der Waals surface area contributed by atoms with Crippen molar-refractivity contribution < 1.29 is 8.42 Å². The molecule has 6 heteroatoms. The highest BCUT2D eigenvalue weighted by molar-refractivity contribution is 7.92. The Morgan fingerprint density at radius 3 is 2.81 bits per heavy atom. The van der Waals surface area contributed by atoms with E-state index in [-0.39, 0.29) is 16.1 Å². The van der Waals surface area contributed by atoms with Crippen LogP contribution in [0.5, 0.6) is 0 Å². The highest BCUT2D eigenvalue weighted by Gasteiger charge is 2.33. The second-order valence-corrected chi connectivity index (χ2v) is 7.33. The van der Waals surface area contributed by atoms with E-state index in [9.17, 15) is 8.42 Å². The second-order valence-electron chi connectivity index (χ2n) is 5.13. The van der Waals surface area contributed by atoms with Crippen LogP contribution in [0.1, 0.15) is 18.9 Å². The van der Waals surface area contributed by atoms with E-state index in [0.717, 1.165) is 24.1 Å². The molecule has 1 aliphatic heterocycles. The third-order valence-electron chi connectivity index (χ3n) is 3.72. The predicted octanol–water partition coefficient (Wildman–Crippen LogP) is 3.27. The van der Waals surface area contributed by atoms with Crippen LogP contribution in [0.2, 0.25) is 5.15 Å². The smallest absolute Gasteiger partial charge is 0.263 e. The first-order valence-electron chi connectivity index (χ1n) is 6.74. The molecule has 1 aromatic carbocycles. The van der Waals surface area contributed by atoms with E-state index in [1.165, 1.54) is 22.6 Å². The molecule has 0 N–H and O–H groups in total. The zero-order valence-electron chi connectivity index (χ0n) is 11.5. The van der Waals surface area contributed by atoms with Gasteiger partial charge in [-0.15, -0.1) is 0 Å². The summed E-state index contributed by atoms with van der Waals surface area (Å²) in [4.78, 5) is 4.02. The number of hydrogen-bond donors (Lipinski definition) is 0. The summed E-state index contributed by atoms with van der Waals surface area (Å²) in [6, 6.07) is 10.4. The van der Waals surface area contributed by atoms with Crippen LogP contribution in [0.15, 0.2) is 47.5 Å². The van der Waals surface area contributed by atoms with E-state index in [0.29, 0.717) is 0 Å². The molecule has 1 aliphatic rings. The van der Waals surface area contributed by atoms with Gasteiger partial charge in [-0.1, -0.05) is 29.8 Å². The van der Waals surface area contributed by atoms with Gasteiger partial charge in [0.05, 0.1) is 10.6 Å². The van der Waals surface area contributed by atoms with Crippen LogP contribution in [0.4, 0.5) is 5.69 Å². The summed E-state index contributed by atoms with van der Waals surface area (Å²) in [5.41, 5.74) is 1.81. The van der Waals surface area contributed by atoms with Crippen molar-refractivity contribution in [3.05, 3.63) is 53.3 Å². The molecule has 2 aromatic rings. The van der Waals surface area contributed by atoms with Crippen molar-refractivity contribution in [3.8, 4) is 0 Å². The third kappa shape index (κ3) is 2.51. The number of rotatable bonds is 2. The van der Waals surface area contributed by atoms with Crippen LogP contribution in [0, 0.1) is 0 Å². The molecule has 0 radical (unpaired) electrons. The van der Waals surface area contributed by atoms with E-state index >= 15 is 0 Å².